The molecule has 0 bridgehead atoms. The third kappa shape index (κ3) is 5.43. The van der Waals surface area contributed by atoms with E-state index >= 15 is 0 Å². The smallest absolute Gasteiger partial charge is 0.251 e. The van der Waals surface area contributed by atoms with Crippen molar-refractivity contribution in [1.82, 2.24) is 9.62 Å². The van der Waals surface area contributed by atoms with Crippen molar-refractivity contribution in [3.05, 3.63) is 53.1 Å². The number of sulfonamides is 1. The van der Waals surface area contributed by atoms with E-state index < -0.39 is 10.0 Å². The second-order valence-electron chi connectivity index (χ2n) is 8.09. The monoisotopic (exact) mass is 493 g/mol. The van der Waals surface area contributed by atoms with Gasteiger partial charge in [0.15, 0.2) is 0 Å². The number of ether oxygens (including phenoxy) is 2. The summed E-state index contributed by atoms with van der Waals surface area (Å²) >= 11 is 6.21. The molecule has 2 aromatic rings. The molecule has 8 nitrogen and oxygen atoms in total. The number of benzene rings is 2. The number of piperidine rings is 1. The summed E-state index contributed by atoms with van der Waals surface area (Å²) in [7, 11) is -2.16. The lowest BCUT2D eigenvalue weighted by molar-refractivity contribution is 0.0730. The Labute approximate surface area is 199 Å². The number of carbonyl (C=O) groups is 1. The van der Waals surface area contributed by atoms with Gasteiger partial charge in [-0.1, -0.05) is 11.6 Å². The van der Waals surface area contributed by atoms with E-state index in [9.17, 15) is 13.2 Å². The highest BCUT2D eigenvalue weighted by Crippen LogP contribution is 2.27. The van der Waals surface area contributed by atoms with Crippen molar-refractivity contribution in [3.8, 4) is 5.75 Å². The molecule has 0 unspecified atom stereocenters. The van der Waals surface area contributed by atoms with Crippen LogP contribution in [0.2, 0.25) is 5.02 Å². The first-order chi connectivity index (χ1) is 15.9. The standard InChI is InChI=1S/C23H28ClN3O5S/c1-31-20-5-3-19(4-6-20)26-10-8-18(9-11-26)25-23(28)17-2-7-21(24)22(16-17)33(29,30)27-12-14-32-15-13-27/h2-7,16,18H,8-15H2,1H3,(H,25,28). The van der Waals surface area contributed by atoms with Gasteiger partial charge >= 0.3 is 0 Å². The number of halogens is 1. The first-order valence-corrected chi connectivity index (χ1v) is 12.8. The summed E-state index contributed by atoms with van der Waals surface area (Å²) in [4.78, 5) is 15.1. The molecular weight excluding hydrogens is 466 g/mol. The van der Waals surface area contributed by atoms with Gasteiger partial charge in [-0.3, -0.25) is 4.79 Å². The topological polar surface area (TPSA) is 88.2 Å². The van der Waals surface area contributed by atoms with Crippen molar-refractivity contribution in [2.24, 2.45) is 0 Å². The van der Waals surface area contributed by atoms with E-state index in [0.717, 1.165) is 37.4 Å². The molecule has 2 aliphatic rings. The van der Waals surface area contributed by atoms with E-state index in [-0.39, 0.29) is 40.5 Å². The summed E-state index contributed by atoms with van der Waals surface area (Å²) in [5.41, 5.74) is 1.40. The van der Waals surface area contributed by atoms with Crippen LogP contribution in [0.1, 0.15) is 23.2 Å². The van der Waals surface area contributed by atoms with Crippen LogP contribution >= 0.6 is 11.6 Å². The number of nitrogens with zero attached hydrogens (tertiary/aromatic N) is 2. The van der Waals surface area contributed by atoms with Crippen molar-refractivity contribution in [2.45, 2.75) is 23.8 Å². The fourth-order valence-corrected chi connectivity index (χ4v) is 6.02. The summed E-state index contributed by atoms with van der Waals surface area (Å²) in [6.07, 6.45) is 1.59. The van der Waals surface area contributed by atoms with Crippen LogP contribution in [-0.4, -0.2) is 71.2 Å². The van der Waals surface area contributed by atoms with Gasteiger partial charge in [-0.25, -0.2) is 8.42 Å². The fourth-order valence-electron chi connectivity index (χ4n) is 4.11. The lowest BCUT2D eigenvalue weighted by Gasteiger charge is -2.34. The second kappa shape index (κ2) is 10.3. The van der Waals surface area contributed by atoms with Gasteiger partial charge in [0.2, 0.25) is 10.0 Å². The Morgan fingerprint density at radius 3 is 2.36 bits per heavy atom. The zero-order valence-corrected chi connectivity index (χ0v) is 20.1. The summed E-state index contributed by atoms with van der Waals surface area (Å²) in [6, 6.07) is 12.3. The Balaban J connectivity index is 1.39. The molecule has 2 saturated heterocycles. The second-order valence-corrected chi connectivity index (χ2v) is 10.4. The number of carbonyl (C=O) groups excluding carboxylic acids is 1. The number of hydrogen-bond acceptors (Lipinski definition) is 6. The molecular formula is C23H28ClN3O5S. The van der Waals surface area contributed by atoms with Crippen LogP contribution in [0.15, 0.2) is 47.4 Å². The maximum Gasteiger partial charge on any atom is 0.251 e. The molecule has 2 aromatic carbocycles. The van der Waals surface area contributed by atoms with Crippen LogP contribution in [0.5, 0.6) is 5.75 Å². The highest BCUT2D eigenvalue weighted by molar-refractivity contribution is 7.89. The molecule has 1 N–H and O–H groups in total. The molecule has 0 saturated carbocycles. The summed E-state index contributed by atoms with van der Waals surface area (Å²) in [6.45, 7) is 2.84. The van der Waals surface area contributed by atoms with Gasteiger partial charge in [0.05, 0.1) is 25.3 Å². The summed E-state index contributed by atoms with van der Waals surface area (Å²) in [5.74, 6) is 0.520. The molecule has 1 amide bonds. The fraction of sp³-hybridized carbons (Fsp3) is 0.435. The number of rotatable bonds is 6. The average molecular weight is 494 g/mol. The van der Waals surface area contributed by atoms with Crippen molar-refractivity contribution in [3.63, 3.8) is 0 Å². The van der Waals surface area contributed by atoms with Crippen molar-refractivity contribution < 1.29 is 22.7 Å². The molecule has 0 spiro atoms. The Kier molecular flexibility index (Phi) is 7.43. The largest absolute Gasteiger partial charge is 0.497 e. The van der Waals surface area contributed by atoms with Gasteiger partial charge in [-0.2, -0.15) is 4.31 Å². The Hall–Kier alpha value is -2.33. The quantitative estimate of drug-likeness (QED) is 0.665. The summed E-state index contributed by atoms with van der Waals surface area (Å²) < 4.78 is 37.8. The zero-order chi connectivity index (χ0) is 23.4. The maximum atomic E-state index is 13.0. The zero-order valence-electron chi connectivity index (χ0n) is 18.5. The molecule has 2 fully saturated rings. The SMILES string of the molecule is COc1ccc(N2CCC(NC(=O)c3ccc(Cl)c(S(=O)(=O)N4CCOCC4)c3)CC2)cc1. The van der Waals surface area contributed by atoms with Crippen LogP contribution in [0, 0.1) is 0 Å². The minimum absolute atomic E-state index is 0.0157. The van der Waals surface area contributed by atoms with Gasteiger partial charge in [-0.15, -0.1) is 0 Å². The highest BCUT2D eigenvalue weighted by atomic mass is 35.5. The predicted molar refractivity (Wildman–Crippen MR) is 127 cm³/mol. The van der Waals surface area contributed by atoms with Crippen molar-refractivity contribution >= 4 is 33.2 Å². The molecule has 0 atom stereocenters. The number of nitrogens with one attached hydrogen (secondary N) is 1. The number of amides is 1. The van der Waals surface area contributed by atoms with E-state index in [1.165, 1.54) is 16.4 Å². The van der Waals surface area contributed by atoms with Crippen LogP contribution in [0.25, 0.3) is 0 Å². The van der Waals surface area contributed by atoms with Crippen molar-refractivity contribution in [1.29, 1.82) is 0 Å². The average Bonchev–Trinajstić information content (AvgIpc) is 2.85. The minimum Gasteiger partial charge on any atom is -0.497 e. The van der Waals surface area contributed by atoms with Gasteiger partial charge in [0.1, 0.15) is 10.6 Å². The first-order valence-electron chi connectivity index (χ1n) is 11.0. The molecule has 33 heavy (non-hydrogen) atoms. The van der Waals surface area contributed by atoms with E-state index in [4.69, 9.17) is 21.1 Å². The molecule has 2 aliphatic heterocycles. The molecule has 0 aromatic heterocycles. The maximum absolute atomic E-state index is 13.0. The van der Waals surface area contributed by atoms with Gasteiger partial charge < -0.3 is 19.7 Å². The van der Waals surface area contributed by atoms with E-state index in [1.807, 2.05) is 24.3 Å². The third-order valence-electron chi connectivity index (χ3n) is 6.05. The lowest BCUT2D eigenvalue weighted by atomic mass is 10.0. The lowest BCUT2D eigenvalue weighted by Crippen LogP contribution is -2.44. The van der Waals surface area contributed by atoms with Crippen LogP contribution < -0.4 is 15.0 Å². The van der Waals surface area contributed by atoms with Gasteiger partial charge in [-0.05, 0) is 55.3 Å². The Morgan fingerprint density at radius 1 is 1.06 bits per heavy atom. The molecule has 10 heteroatoms. The first kappa shape index (κ1) is 23.8. The van der Waals surface area contributed by atoms with Crippen LogP contribution in [-0.2, 0) is 14.8 Å². The van der Waals surface area contributed by atoms with Crippen molar-refractivity contribution in [2.75, 3.05) is 51.4 Å². The highest BCUT2D eigenvalue weighted by Gasteiger charge is 2.29. The number of methoxy groups -OCH3 is 1. The Morgan fingerprint density at radius 2 is 1.73 bits per heavy atom. The van der Waals surface area contributed by atoms with Gasteiger partial charge in [0.25, 0.3) is 5.91 Å². The summed E-state index contributed by atoms with van der Waals surface area (Å²) in [5, 5.41) is 3.15. The van der Waals surface area contributed by atoms with Crippen LogP contribution in [0.4, 0.5) is 5.69 Å². The number of hydrogen-bond donors (Lipinski definition) is 1. The van der Waals surface area contributed by atoms with E-state index in [2.05, 4.69) is 10.2 Å². The molecule has 0 radical (unpaired) electrons. The van der Waals surface area contributed by atoms with E-state index in [0.29, 0.717) is 13.2 Å². The third-order valence-corrected chi connectivity index (χ3v) is 8.43. The number of anilines is 1. The number of morpholine rings is 1. The minimum atomic E-state index is -3.80. The molecule has 178 valence electrons. The Bertz CT molecular complexity index is 1080. The van der Waals surface area contributed by atoms with Crippen LogP contribution in [0.3, 0.4) is 0 Å². The predicted octanol–water partition coefficient (Wildman–Crippen LogP) is 2.77. The molecule has 0 aliphatic carbocycles. The molecule has 4 rings (SSSR count). The van der Waals surface area contributed by atoms with E-state index in [1.54, 1.807) is 13.2 Å². The molecule has 2 heterocycles. The normalized spacial score (nSPS) is 18.2. The van der Waals surface area contributed by atoms with Gasteiger partial charge in [0, 0.05) is 43.5 Å².